The molecule has 0 aliphatic carbocycles. The number of halogens is 1. The molecule has 2 aromatic rings. The molecule has 1 heterocycles. The number of benzene rings is 2. The van der Waals surface area contributed by atoms with Gasteiger partial charge in [0.05, 0.1) is 19.4 Å². The summed E-state index contributed by atoms with van der Waals surface area (Å²) in [5.74, 6) is 0.0434. The summed E-state index contributed by atoms with van der Waals surface area (Å²) >= 11 is 6.35. The van der Waals surface area contributed by atoms with Gasteiger partial charge >= 0.3 is 5.97 Å². The number of hydrogen-bond donors (Lipinski definition) is 1. The summed E-state index contributed by atoms with van der Waals surface area (Å²) in [5, 5.41) is 3.39. The lowest BCUT2D eigenvalue weighted by Gasteiger charge is -2.23. The van der Waals surface area contributed by atoms with E-state index in [0.29, 0.717) is 17.2 Å². The third-order valence-electron chi connectivity index (χ3n) is 4.34. The maximum absolute atomic E-state index is 12.4. The number of fused-ring (bicyclic) bond motifs is 1. The Balaban J connectivity index is 1.74. The minimum absolute atomic E-state index is 0.0222. The number of anilines is 1. The molecule has 28 heavy (non-hydrogen) atoms. The van der Waals surface area contributed by atoms with Gasteiger partial charge in [-0.1, -0.05) is 35.9 Å². The Morgan fingerprint density at radius 1 is 1.21 bits per heavy atom. The predicted molar refractivity (Wildman–Crippen MR) is 109 cm³/mol. The monoisotopic (exact) mass is 401 g/mol. The van der Waals surface area contributed by atoms with Crippen molar-refractivity contribution in [1.29, 1.82) is 0 Å². The molecule has 0 spiro atoms. The Morgan fingerprint density at radius 2 is 1.96 bits per heavy atom. The molecular formula is C22H24ClNO4. The summed E-state index contributed by atoms with van der Waals surface area (Å²) in [6.45, 7) is 5.77. The van der Waals surface area contributed by atoms with E-state index in [0.717, 1.165) is 16.8 Å². The lowest BCUT2D eigenvalue weighted by Crippen LogP contribution is -2.26. The zero-order chi connectivity index (χ0) is 20.3. The first-order chi connectivity index (χ1) is 13.2. The fraction of sp³-hybridized carbons (Fsp3) is 0.364. The Bertz CT molecular complexity index is 888. The largest absolute Gasteiger partial charge is 0.493 e. The summed E-state index contributed by atoms with van der Waals surface area (Å²) in [7, 11) is 0. The van der Waals surface area contributed by atoms with Gasteiger partial charge in [0.15, 0.2) is 0 Å². The third-order valence-corrected chi connectivity index (χ3v) is 4.68. The van der Waals surface area contributed by atoms with E-state index < -0.39 is 5.60 Å². The predicted octanol–water partition coefficient (Wildman–Crippen LogP) is 4.73. The molecule has 1 N–H and O–H groups in total. The smallest absolute Gasteiger partial charge is 0.307 e. The van der Waals surface area contributed by atoms with E-state index in [4.69, 9.17) is 21.1 Å². The Morgan fingerprint density at radius 3 is 2.68 bits per heavy atom. The summed E-state index contributed by atoms with van der Waals surface area (Å²) in [6, 6.07) is 12.9. The number of ether oxygens (including phenoxy) is 2. The molecule has 0 saturated heterocycles. The van der Waals surface area contributed by atoms with Gasteiger partial charge in [0.25, 0.3) is 0 Å². The van der Waals surface area contributed by atoms with Gasteiger partial charge in [-0.2, -0.15) is 0 Å². The highest BCUT2D eigenvalue weighted by Gasteiger charge is 2.24. The van der Waals surface area contributed by atoms with E-state index in [1.54, 1.807) is 12.1 Å². The fourth-order valence-corrected chi connectivity index (χ4v) is 3.42. The van der Waals surface area contributed by atoms with Crippen molar-refractivity contribution < 1.29 is 19.1 Å². The molecule has 1 atom stereocenters. The van der Waals surface area contributed by atoms with Crippen LogP contribution in [0.25, 0.3) is 0 Å². The first-order valence-corrected chi connectivity index (χ1v) is 9.61. The van der Waals surface area contributed by atoms with E-state index in [1.165, 1.54) is 0 Å². The van der Waals surface area contributed by atoms with Crippen LogP contribution in [0.4, 0.5) is 5.69 Å². The van der Waals surface area contributed by atoms with Crippen molar-refractivity contribution >= 4 is 29.2 Å². The van der Waals surface area contributed by atoms with Crippen molar-refractivity contribution in [2.75, 3.05) is 11.9 Å². The lowest BCUT2D eigenvalue weighted by atomic mass is 9.96. The molecule has 3 rings (SSSR count). The number of carbonyl (C=O) groups excluding carboxylic acids is 2. The minimum atomic E-state index is -0.554. The van der Waals surface area contributed by atoms with Crippen LogP contribution >= 0.6 is 11.6 Å². The molecule has 1 aliphatic rings. The zero-order valence-corrected chi connectivity index (χ0v) is 17.0. The Kier molecular flexibility index (Phi) is 5.94. The van der Waals surface area contributed by atoms with E-state index in [-0.39, 0.29) is 30.8 Å². The van der Waals surface area contributed by atoms with Gasteiger partial charge in [0.1, 0.15) is 11.4 Å². The molecular weight excluding hydrogens is 378 g/mol. The highest BCUT2D eigenvalue weighted by Crippen LogP contribution is 2.31. The van der Waals surface area contributed by atoms with E-state index in [9.17, 15) is 9.59 Å². The van der Waals surface area contributed by atoms with Crippen LogP contribution in [0.5, 0.6) is 5.75 Å². The van der Waals surface area contributed by atoms with Crippen LogP contribution in [0.2, 0.25) is 5.02 Å². The fourth-order valence-electron chi connectivity index (χ4n) is 3.13. The van der Waals surface area contributed by atoms with Crippen molar-refractivity contribution in [2.24, 2.45) is 0 Å². The topological polar surface area (TPSA) is 64.6 Å². The zero-order valence-electron chi connectivity index (χ0n) is 16.3. The first-order valence-electron chi connectivity index (χ1n) is 9.23. The summed E-state index contributed by atoms with van der Waals surface area (Å²) in [5.41, 5.74) is 2.00. The molecule has 1 amide bonds. The van der Waals surface area contributed by atoms with E-state index >= 15 is 0 Å². The van der Waals surface area contributed by atoms with Gasteiger partial charge in [-0.05, 0) is 44.0 Å². The third kappa shape index (κ3) is 5.26. The molecule has 0 bridgehead atoms. The molecule has 0 saturated carbocycles. The van der Waals surface area contributed by atoms with Crippen molar-refractivity contribution in [1.82, 2.24) is 0 Å². The maximum atomic E-state index is 12.4. The van der Waals surface area contributed by atoms with Gasteiger partial charge in [-0.3, -0.25) is 9.59 Å². The highest BCUT2D eigenvalue weighted by molar-refractivity contribution is 6.31. The number of amides is 1. The van der Waals surface area contributed by atoms with Crippen LogP contribution in [0.1, 0.15) is 44.2 Å². The summed E-state index contributed by atoms with van der Waals surface area (Å²) in [4.78, 5) is 23.9. The van der Waals surface area contributed by atoms with Crippen molar-refractivity contribution in [3.63, 3.8) is 0 Å². The lowest BCUT2D eigenvalue weighted by molar-refractivity contribution is -0.155. The van der Waals surface area contributed by atoms with Gasteiger partial charge in [0.2, 0.25) is 5.91 Å². The molecule has 148 valence electrons. The quantitative estimate of drug-likeness (QED) is 0.711. The highest BCUT2D eigenvalue weighted by atomic mass is 35.5. The van der Waals surface area contributed by atoms with Crippen LogP contribution in [-0.4, -0.2) is 24.1 Å². The second kappa shape index (κ2) is 8.23. The number of rotatable bonds is 6. The molecule has 0 fully saturated rings. The molecule has 2 aromatic carbocycles. The van der Waals surface area contributed by atoms with Gasteiger partial charge < -0.3 is 14.8 Å². The van der Waals surface area contributed by atoms with Gasteiger partial charge in [-0.15, -0.1) is 0 Å². The number of esters is 1. The standard InChI is InChI=1S/C22H24ClNO4/c1-22(2,3)28-21(26)11-15(17-6-4-5-7-18(17)23)13-27-16-9-8-14-10-20(25)24-19(14)12-16/h4-9,12,15H,10-11,13H2,1-3H3,(H,24,25)/t15-/m0/s1. The molecule has 1 aliphatic heterocycles. The second-order valence-corrected chi connectivity index (χ2v) is 8.27. The van der Waals surface area contributed by atoms with Crippen LogP contribution in [0.3, 0.4) is 0 Å². The second-order valence-electron chi connectivity index (χ2n) is 7.86. The first kappa shape index (κ1) is 20.2. The normalized spacial score (nSPS) is 14.2. The Labute approximate surface area is 170 Å². The number of hydrogen-bond acceptors (Lipinski definition) is 4. The van der Waals surface area contributed by atoms with E-state index in [1.807, 2.05) is 51.1 Å². The van der Waals surface area contributed by atoms with Crippen molar-refractivity contribution in [2.45, 2.75) is 45.1 Å². The van der Waals surface area contributed by atoms with Crippen LogP contribution < -0.4 is 10.1 Å². The summed E-state index contributed by atoms with van der Waals surface area (Å²) < 4.78 is 11.4. The van der Waals surface area contributed by atoms with Crippen molar-refractivity contribution in [3.8, 4) is 5.75 Å². The molecule has 6 heteroatoms. The van der Waals surface area contributed by atoms with Crippen LogP contribution in [-0.2, 0) is 20.7 Å². The molecule has 0 unspecified atom stereocenters. The maximum Gasteiger partial charge on any atom is 0.307 e. The van der Waals surface area contributed by atoms with Gasteiger partial charge in [0, 0.05) is 22.7 Å². The number of nitrogens with one attached hydrogen (secondary N) is 1. The minimum Gasteiger partial charge on any atom is -0.493 e. The molecule has 0 aromatic heterocycles. The van der Waals surface area contributed by atoms with Crippen LogP contribution in [0, 0.1) is 0 Å². The van der Waals surface area contributed by atoms with Crippen LogP contribution in [0.15, 0.2) is 42.5 Å². The Hall–Kier alpha value is -2.53. The molecule has 5 nitrogen and oxygen atoms in total. The van der Waals surface area contributed by atoms with Crippen molar-refractivity contribution in [3.05, 3.63) is 58.6 Å². The SMILES string of the molecule is CC(C)(C)OC(=O)C[C@@H](COc1ccc2c(c1)NC(=O)C2)c1ccccc1Cl. The van der Waals surface area contributed by atoms with Gasteiger partial charge in [-0.25, -0.2) is 0 Å². The van der Waals surface area contributed by atoms with E-state index in [2.05, 4.69) is 5.32 Å². The average Bonchev–Trinajstić information content (AvgIpc) is 2.97. The summed E-state index contributed by atoms with van der Waals surface area (Å²) in [6.07, 6.45) is 0.541. The molecule has 0 radical (unpaired) electrons. The average molecular weight is 402 g/mol. The number of carbonyl (C=O) groups is 2.